The van der Waals surface area contributed by atoms with Crippen LogP contribution in [0.4, 0.5) is 4.79 Å². The highest BCUT2D eigenvalue weighted by molar-refractivity contribution is 5.72. The maximum absolute atomic E-state index is 9.98. The van der Waals surface area contributed by atoms with Gasteiger partial charge in [-0.05, 0) is 6.92 Å². The smallest absolute Gasteiger partial charge is 0.313 e. The van der Waals surface area contributed by atoms with E-state index in [4.69, 9.17) is 12.2 Å². The van der Waals surface area contributed by atoms with Crippen molar-refractivity contribution in [3.8, 4) is 12.3 Å². The van der Waals surface area contributed by atoms with Crippen LogP contribution in [0.25, 0.3) is 0 Å². The first kappa shape index (κ1) is 6.83. The van der Waals surface area contributed by atoms with Gasteiger partial charge in [-0.25, -0.2) is 4.79 Å². The lowest BCUT2D eigenvalue weighted by Crippen LogP contribution is -2.35. The monoisotopic (exact) mass is 112 g/mol. The summed E-state index contributed by atoms with van der Waals surface area (Å²) in [6.45, 7) is 1.67. The minimum absolute atomic E-state index is 0.271. The summed E-state index contributed by atoms with van der Waals surface area (Å²) in [4.78, 5) is 9.98. The second-order valence-electron chi connectivity index (χ2n) is 1.40. The molecule has 3 heteroatoms. The number of nitrogens with one attached hydrogen (secondary N) is 1. The maximum Gasteiger partial charge on any atom is 0.313 e. The lowest BCUT2D eigenvalue weighted by atomic mass is 10.4. The van der Waals surface area contributed by atoms with Gasteiger partial charge in [-0.3, -0.25) is 0 Å². The summed E-state index contributed by atoms with van der Waals surface area (Å²) in [6.07, 6.45) is 4.90. The summed E-state index contributed by atoms with van der Waals surface area (Å²) >= 11 is 0. The van der Waals surface area contributed by atoms with Gasteiger partial charge in [0, 0.05) is 0 Å². The van der Waals surface area contributed by atoms with Gasteiger partial charge in [0.25, 0.3) is 0 Å². The molecule has 0 aliphatic carbocycles. The van der Waals surface area contributed by atoms with Crippen molar-refractivity contribution in [2.45, 2.75) is 13.0 Å². The highest BCUT2D eigenvalue weighted by atomic mass is 16.2. The maximum atomic E-state index is 9.98. The number of urea groups is 1. The summed E-state index contributed by atoms with van der Waals surface area (Å²) in [6, 6.07) is -0.858. The Morgan fingerprint density at radius 2 is 2.50 bits per heavy atom. The topological polar surface area (TPSA) is 55.1 Å². The summed E-state index contributed by atoms with van der Waals surface area (Å²) in [7, 11) is 0. The van der Waals surface area contributed by atoms with Crippen molar-refractivity contribution < 1.29 is 4.79 Å². The molecule has 0 rings (SSSR count). The Kier molecular flexibility index (Phi) is 2.49. The minimum atomic E-state index is -0.588. The molecular formula is C5H8N2O. The molecule has 0 heterocycles. The van der Waals surface area contributed by atoms with Gasteiger partial charge >= 0.3 is 6.03 Å². The Balaban J connectivity index is 3.43. The van der Waals surface area contributed by atoms with Crippen molar-refractivity contribution >= 4 is 6.03 Å². The standard InChI is InChI=1S/C5H8N2O/c1-3-4(2)7-5(6)8/h1,4H,2H3,(H3,6,7,8)/t4-/m1/s1. The van der Waals surface area contributed by atoms with E-state index in [1.54, 1.807) is 6.92 Å². The van der Waals surface area contributed by atoms with Crippen molar-refractivity contribution in [1.29, 1.82) is 0 Å². The molecule has 0 spiro atoms. The fraction of sp³-hybridized carbons (Fsp3) is 0.400. The van der Waals surface area contributed by atoms with Crippen molar-refractivity contribution in [3.63, 3.8) is 0 Å². The van der Waals surface area contributed by atoms with E-state index in [0.29, 0.717) is 0 Å². The largest absolute Gasteiger partial charge is 0.352 e. The first-order chi connectivity index (χ1) is 3.66. The summed E-state index contributed by atoms with van der Waals surface area (Å²) in [5.74, 6) is 2.28. The number of terminal acetylenes is 1. The van der Waals surface area contributed by atoms with Gasteiger partial charge in [0.05, 0.1) is 6.04 Å². The number of rotatable bonds is 1. The number of hydrogen-bond donors (Lipinski definition) is 2. The highest BCUT2D eigenvalue weighted by Gasteiger charge is 1.95. The SMILES string of the molecule is C#C[C@@H](C)NC(N)=O. The second-order valence-corrected chi connectivity index (χ2v) is 1.40. The molecule has 0 bridgehead atoms. The molecule has 0 aliphatic rings. The Bertz CT molecular complexity index is 125. The Hall–Kier alpha value is -1.17. The first-order valence-electron chi connectivity index (χ1n) is 2.19. The Morgan fingerprint density at radius 3 is 2.62 bits per heavy atom. The lowest BCUT2D eigenvalue weighted by Gasteiger charge is -2.01. The van der Waals surface area contributed by atoms with E-state index < -0.39 is 6.03 Å². The van der Waals surface area contributed by atoms with E-state index in [-0.39, 0.29) is 6.04 Å². The fourth-order valence-corrected chi connectivity index (χ4v) is 0.255. The van der Waals surface area contributed by atoms with Gasteiger partial charge < -0.3 is 11.1 Å². The summed E-state index contributed by atoms with van der Waals surface area (Å²) in [5.41, 5.74) is 4.72. The van der Waals surface area contributed by atoms with Crippen molar-refractivity contribution in [3.05, 3.63) is 0 Å². The quantitative estimate of drug-likeness (QED) is 0.448. The zero-order valence-corrected chi connectivity index (χ0v) is 4.64. The number of nitrogens with two attached hydrogens (primary N) is 1. The third-order valence-electron chi connectivity index (χ3n) is 0.609. The molecule has 8 heavy (non-hydrogen) atoms. The molecule has 0 saturated carbocycles. The number of primary amides is 1. The van der Waals surface area contributed by atoms with Gasteiger partial charge in [0.2, 0.25) is 0 Å². The molecule has 3 nitrogen and oxygen atoms in total. The van der Waals surface area contributed by atoms with Gasteiger partial charge in [0.1, 0.15) is 0 Å². The zero-order chi connectivity index (χ0) is 6.57. The molecule has 0 fully saturated rings. The number of carbonyl (C=O) groups excluding carboxylic acids is 1. The van der Waals surface area contributed by atoms with E-state index >= 15 is 0 Å². The molecule has 2 amide bonds. The number of amides is 2. The Labute approximate surface area is 48.2 Å². The molecule has 0 unspecified atom stereocenters. The zero-order valence-electron chi connectivity index (χ0n) is 4.64. The second kappa shape index (κ2) is 2.92. The molecular weight excluding hydrogens is 104 g/mol. The van der Waals surface area contributed by atoms with Gasteiger partial charge in [-0.2, -0.15) is 0 Å². The molecule has 1 atom stereocenters. The minimum Gasteiger partial charge on any atom is -0.352 e. The third-order valence-corrected chi connectivity index (χ3v) is 0.609. The van der Waals surface area contributed by atoms with E-state index in [1.165, 1.54) is 0 Å². The molecule has 0 aromatic carbocycles. The third kappa shape index (κ3) is 3.04. The van der Waals surface area contributed by atoms with Crippen LogP contribution in [-0.4, -0.2) is 12.1 Å². The van der Waals surface area contributed by atoms with Crippen LogP contribution in [0.1, 0.15) is 6.92 Å². The predicted octanol–water partition coefficient (Wildman–Crippen LogP) is -0.324. The first-order valence-corrected chi connectivity index (χ1v) is 2.19. The summed E-state index contributed by atoms with van der Waals surface area (Å²) < 4.78 is 0. The average molecular weight is 112 g/mol. The van der Waals surface area contributed by atoms with Crippen LogP contribution in [-0.2, 0) is 0 Å². The van der Waals surface area contributed by atoms with Crippen LogP contribution in [0.2, 0.25) is 0 Å². The van der Waals surface area contributed by atoms with E-state index in [0.717, 1.165) is 0 Å². The van der Waals surface area contributed by atoms with Crippen LogP contribution in [0.5, 0.6) is 0 Å². The van der Waals surface area contributed by atoms with Crippen LogP contribution in [0.15, 0.2) is 0 Å². The summed E-state index contributed by atoms with van der Waals surface area (Å²) in [5, 5.41) is 2.30. The van der Waals surface area contributed by atoms with Crippen LogP contribution < -0.4 is 11.1 Å². The molecule has 0 aliphatic heterocycles. The van der Waals surface area contributed by atoms with Crippen LogP contribution >= 0.6 is 0 Å². The molecule has 0 aromatic rings. The number of carbonyl (C=O) groups is 1. The molecule has 0 radical (unpaired) electrons. The van der Waals surface area contributed by atoms with Crippen LogP contribution in [0.3, 0.4) is 0 Å². The molecule has 0 aromatic heterocycles. The van der Waals surface area contributed by atoms with Gasteiger partial charge in [-0.1, -0.05) is 5.92 Å². The number of hydrogen-bond acceptors (Lipinski definition) is 1. The van der Waals surface area contributed by atoms with Crippen molar-refractivity contribution in [2.24, 2.45) is 5.73 Å². The predicted molar refractivity (Wildman–Crippen MR) is 31.0 cm³/mol. The van der Waals surface area contributed by atoms with Crippen LogP contribution in [0, 0.1) is 12.3 Å². The van der Waals surface area contributed by atoms with E-state index in [1.807, 2.05) is 0 Å². The van der Waals surface area contributed by atoms with E-state index in [9.17, 15) is 4.79 Å². The van der Waals surface area contributed by atoms with Crippen molar-refractivity contribution in [1.82, 2.24) is 5.32 Å². The molecule has 0 saturated heterocycles. The Morgan fingerprint density at radius 1 is 2.00 bits per heavy atom. The van der Waals surface area contributed by atoms with Gasteiger partial charge in [-0.15, -0.1) is 6.42 Å². The fourth-order valence-electron chi connectivity index (χ4n) is 0.255. The molecule has 44 valence electrons. The normalized spacial score (nSPS) is 11.5. The van der Waals surface area contributed by atoms with E-state index in [2.05, 4.69) is 11.2 Å². The molecule has 3 N–H and O–H groups in total. The highest BCUT2D eigenvalue weighted by Crippen LogP contribution is 1.72. The van der Waals surface area contributed by atoms with Gasteiger partial charge in [0.15, 0.2) is 0 Å². The van der Waals surface area contributed by atoms with Crippen molar-refractivity contribution in [2.75, 3.05) is 0 Å². The lowest BCUT2D eigenvalue weighted by molar-refractivity contribution is 0.248. The average Bonchev–Trinajstić information content (AvgIpc) is 1.65.